The summed E-state index contributed by atoms with van der Waals surface area (Å²) in [7, 11) is 0. The van der Waals surface area contributed by atoms with E-state index in [0.29, 0.717) is 25.8 Å². The second-order valence-corrected chi connectivity index (χ2v) is 8.17. The lowest BCUT2D eigenvalue weighted by Gasteiger charge is -2.19. The van der Waals surface area contributed by atoms with Crippen molar-refractivity contribution in [2.75, 3.05) is 11.9 Å². The predicted octanol–water partition coefficient (Wildman–Crippen LogP) is 5.78. The van der Waals surface area contributed by atoms with Gasteiger partial charge in [-0.3, -0.25) is 4.79 Å². The van der Waals surface area contributed by atoms with Crippen LogP contribution in [0.4, 0.5) is 10.5 Å². The van der Waals surface area contributed by atoms with Crippen LogP contribution in [0.3, 0.4) is 0 Å². The average molecular weight is 444 g/mol. The molecule has 3 aromatic rings. The largest absolute Gasteiger partial charge is 0.356 e. The van der Waals surface area contributed by atoms with Crippen LogP contribution in [-0.2, 0) is 11.2 Å². The SMILES string of the molecule is CCCCNC(=O)CC[C@H](Cc1ccccc1)NC(=O)Nc1ccc(-c2ccccc2)cc1. The molecule has 0 saturated carbocycles. The van der Waals surface area contributed by atoms with E-state index in [2.05, 4.69) is 35.0 Å². The maximum absolute atomic E-state index is 12.7. The number of anilines is 1. The number of unbranched alkanes of at least 4 members (excludes halogenated alkanes) is 1. The molecule has 0 unspecified atom stereocenters. The van der Waals surface area contributed by atoms with Crippen LogP contribution in [0, 0.1) is 0 Å². The molecule has 5 nitrogen and oxygen atoms in total. The Labute approximate surface area is 196 Å². The summed E-state index contributed by atoms with van der Waals surface area (Å²) < 4.78 is 0. The minimum Gasteiger partial charge on any atom is -0.356 e. The number of amides is 3. The monoisotopic (exact) mass is 443 g/mol. The van der Waals surface area contributed by atoms with Crippen molar-refractivity contribution in [3.05, 3.63) is 90.5 Å². The molecule has 5 heteroatoms. The summed E-state index contributed by atoms with van der Waals surface area (Å²) in [5, 5.41) is 8.92. The maximum Gasteiger partial charge on any atom is 0.319 e. The molecular weight excluding hydrogens is 410 g/mol. The van der Waals surface area contributed by atoms with Gasteiger partial charge in [0.15, 0.2) is 0 Å². The molecule has 0 saturated heterocycles. The molecule has 0 bridgehead atoms. The van der Waals surface area contributed by atoms with E-state index in [1.54, 1.807) is 0 Å². The topological polar surface area (TPSA) is 70.2 Å². The van der Waals surface area contributed by atoms with Gasteiger partial charge in [-0.15, -0.1) is 0 Å². The summed E-state index contributed by atoms with van der Waals surface area (Å²) in [5.41, 5.74) is 4.08. The summed E-state index contributed by atoms with van der Waals surface area (Å²) in [6.45, 7) is 2.80. The molecule has 1 atom stereocenters. The van der Waals surface area contributed by atoms with E-state index in [0.717, 1.165) is 35.2 Å². The van der Waals surface area contributed by atoms with E-state index in [1.807, 2.05) is 72.8 Å². The van der Waals surface area contributed by atoms with Crippen LogP contribution in [0.5, 0.6) is 0 Å². The van der Waals surface area contributed by atoms with Crippen molar-refractivity contribution in [3.63, 3.8) is 0 Å². The fraction of sp³-hybridized carbons (Fsp3) is 0.286. The molecule has 0 aliphatic rings. The summed E-state index contributed by atoms with van der Waals surface area (Å²) in [6, 6.07) is 27.5. The van der Waals surface area contributed by atoms with Gasteiger partial charge in [-0.1, -0.05) is 86.1 Å². The van der Waals surface area contributed by atoms with Gasteiger partial charge >= 0.3 is 6.03 Å². The van der Waals surface area contributed by atoms with Crippen molar-refractivity contribution in [2.24, 2.45) is 0 Å². The minimum atomic E-state index is -0.269. The van der Waals surface area contributed by atoms with Gasteiger partial charge in [0.1, 0.15) is 0 Å². The van der Waals surface area contributed by atoms with Gasteiger partial charge in [0, 0.05) is 24.7 Å². The van der Waals surface area contributed by atoms with Crippen molar-refractivity contribution in [2.45, 2.75) is 45.1 Å². The first-order valence-electron chi connectivity index (χ1n) is 11.7. The molecule has 0 aliphatic heterocycles. The van der Waals surface area contributed by atoms with Gasteiger partial charge in [0.2, 0.25) is 5.91 Å². The lowest BCUT2D eigenvalue weighted by atomic mass is 10.0. The number of hydrogen-bond donors (Lipinski definition) is 3. The van der Waals surface area contributed by atoms with Crippen molar-refractivity contribution < 1.29 is 9.59 Å². The van der Waals surface area contributed by atoms with Crippen molar-refractivity contribution in [3.8, 4) is 11.1 Å². The molecule has 3 rings (SSSR count). The second kappa shape index (κ2) is 13.1. The molecule has 0 radical (unpaired) electrons. The van der Waals surface area contributed by atoms with Gasteiger partial charge in [-0.05, 0) is 48.1 Å². The summed E-state index contributed by atoms with van der Waals surface area (Å²) in [4.78, 5) is 24.9. The first-order valence-corrected chi connectivity index (χ1v) is 11.7. The van der Waals surface area contributed by atoms with Gasteiger partial charge in [-0.25, -0.2) is 4.79 Å². The van der Waals surface area contributed by atoms with Crippen LogP contribution in [0.25, 0.3) is 11.1 Å². The van der Waals surface area contributed by atoms with Crippen LogP contribution < -0.4 is 16.0 Å². The Morgan fingerprint density at radius 3 is 2.12 bits per heavy atom. The quantitative estimate of drug-likeness (QED) is 0.329. The highest BCUT2D eigenvalue weighted by molar-refractivity contribution is 5.89. The lowest BCUT2D eigenvalue weighted by Crippen LogP contribution is -2.40. The Bertz CT molecular complexity index is 989. The lowest BCUT2D eigenvalue weighted by molar-refractivity contribution is -0.121. The number of hydrogen-bond acceptors (Lipinski definition) is 2. The van der Waals surface area contributed by atoms with Crippen LogP contribution in [0.15, 0.2) is 84.9 Å². The summed E-state index contributed by atoms with van der Waals surface area (Å²) in [5.74, 6) is 0.0280. The first kappa shape index (κ1) is 24.1. The summed E-state index contributed by atoms with van der Waals surface area (Å²) >= 11 is 0. The van der Waals surface area contributed by atoms with E-state index in [9.17, 15) is 9.59 Å². The molecule has 0 aromatic heterocycles. The van der Waals surface area contributed by atoms with Crippen LogP contribution >= 0.6 is 0 Å². The Morgan fingerprint density at radius 1 is 0.818 bits per heavy atom. The molecule has 0 fully saturated rings. The first-order chi connectivity index (χ1) is 16.1. The standard InChI is InChI=1S/C28H33N3O2/c1-2-3-20-29-27(32)19-18-26(21-22-10-6-4-7-11-22)31-28(33)30-25-16-14-24(15-17-25)23-12-8-5-9-13-23/h4-17,26H,2-3,18-21H2,1H3,(H,29,32)(H2,30,31,33)/t26-/m1/s1. The molecule has 3 N–H and O–H groups in total. The molecule has 0 spiro atoms. The van der Waals surface area contributed by atoms with Crippen molar-refractivity contribution >= 4 is 17.6 Å². The fourth-order valence-corrected chi connectivity index (χ4v) is 3.65. The number of carbonyl (C=O) groups is 2. The number of urea groups is 1. The van der Waals surface area contributed by atoms with Crippen molar-refractivity contribution in [1.29, 1.82) is 0 Å². The molecule has 0 heterocycles. The zero-order chi connectivity index (χ0) is 23.3. The zero-order valence-electron chi connectivity index (χ0n) is 19.2. The number of nitrogens with one attached hydrogen (secondary N) is 3. The van der Waals surface area contributed by atoms with E-state index < -0.39 is 0 Å². The predicted molar refractivity (Wildman–Crippen MR) is 135 cm³/mol. The molecule has 3 amide bonds. The molecular formula is C28H33N3O2. The number of benzene rings is 3. The van der Waals surface area contributed by atoms with Crippen molar-refractivity contribution in [1.82, 2.24) is 10.6 Å². The van der Waals surface area contributed by atoms with E-state index in [1.165, 1.54) is 0 Å². The van der Waals surface area contributed by atoms with Crippen LogP contribution in [-0.4, -0.2) is 24.5 Å². The Hall–Kier alpha value is -3.60. The highest BCUT2D eigenvalue weighted by atomic mass is 16.2. The average Bonchev–Trinajstić information content (AvgIpc) is 2.84. The van der Waals surface area contributed by atoms with E-state index >= 15 is 0 Å². The maximum atomic E-state index is 12.7. The van der Waals surface area contributed by atoms with Crippen LogP contribution in [0.2, 0.25) is 0 Å². The van der Waals surface area contributed by atoms with Gasteiger partial charge in [0.25, 0.3) is 0 Å². The zero-order valence-corrected chi connectivity index (χ0v) is 19.2. The number of carbonyl (C=O) groups excluding carboxylic acids is 2. The second-order valence-electron chi connectivity index (χ2n) is 8.17. The summed E-state index contributed by atoms with van der Waals surface area (Å²) in [6.07, 6.45) is 3.65. The fourth-order valence-electron chi connectivity index (χ4n) is 3.65. The Kier molecular flexibility index (Phi) is 9.52. The van der Waals surface area contributed by atoms with Gasteiger partial charge in [0.05, 0.1) is 0 Å². The molecule has 3 aromatic carbocycles. The van der Waals surface area contributed by atoms with E-state index in [4.69, 9.17) is 0 Å². The Balaban J connectivity index is 1.57. The molecule has 0 aliphatic carbocycles. The molecule has 33 heavy (non-hydrogen) atoms. The number of rotatable bonds is 11. The highest BCUT2D eigenvalue weighted by Gasteiger charge is 2.15. The van der Waals surface area contributed by atoms with Gasteiger partial charge < -0.3 is 16.0 Å². The third-order valence-electron chi connectivity index (χ3n) is 5.48. The third kappa shape index (κ3) is 8.45. The highest BCUT2D eigenvalue weighted by Crippen LogP contribution is 2.21. The van der Waals surface area contributed by atoms with Crippen LogP contribution in [0.1, 0.15) is 38.2 Å². The normalized spacial score (nSPS) is 11.4. The van der Waals surface area contributed by atoms with E-state index in [-0.39, 0.29) is 18.0 Å². The minimum absolute atomic E-state index is 0.0280. The van der Waals surface area contributed by atoms with Gasteiger partial charge in [-0.2, -0.15) is 0 Å². The Morgan fingerprint density at radius 2 is 1.45 bits per heavy atom. The third-order valence-corrected chi connectivity index (χ3v) is 5.48. The molecule has 172 valence electrons. The smallest absolute Gasteiger partial charge is 0.319 e.